The van der Waals surface area contributed by atoms with Gasteiger partial charge in [-0.25, -0.2) is 13.3 Å². The fourth-order valence-corrected chi connectivity index (χ4v) is 5.47. The van der Waals surface area contributed by atoms with Gasteiger partial charge in [-0.3, -0.25) is 9.59 Å². The number of aryl methyl sites for hydroxylation is 1. The number of halogens is 1. The number of carbonyl (C=O) groups excluding carboxylic acids is 2. The van der Waals surface area contributed by atoms with Crippen molar-refractivity contribution in [2.75, 3.05) is 4.90 Å². The largest absolute Gasteiger partial charge is 0.274 e. The molecule has 34 heavy (non-hydrogen) atoms. The molecule has 1 aliphatic heterocycles. The Bertz CT molecular complexity index is 1380. The molecular formula is C25H20ClN3O4S. The van der Waals surface area contributed by atoms with Crippen LogP contribution in [0.1, 0.15) is 23.1 Å². The van der Waals surface area contributed by atoms with Gasteiger partial charge in [0, 0.05) is 11.6 Å². The number of amides is 2. The number of anilines is 1. The van der Waals surface area contributed by atoms with E-state index in [1.165, 1.54) is 48.5 Å². The molecule has 1 fully saturated rings. The van der Waals surface area contributed by atoms with Crippen molar-refractivity contribution in [2.24, 2.45) is 0 Å². The van der Waals surface area contributed by atoms with E-state index < -0.39 is 27.9 Å². The lowest BCUT2D eigenvalue weighted by Crippen LogP contribution is -2.45. The van der Waals surface area contributed by atoms with Gasteiger partial charge in [0.2, 0.25) is 15.9 Å². The highest BCUT2D eigenvalue weighted by atomic mass is 35.5. The lowest BCUT2D eigenvalue weighted by molar-refractivity contribution is -0.122. The van der Waals surface area contributed by atoms with Gasteiger partial charge >= 0.3 is 0 Å². The summed E-state index contributed by atoms with van der Waals surface area (Å²) in [5.41, 5.74) is 2.36. The zero-order valence-electron chi connectivity index (χ0n) is 18.2. The minimum absolute atomic E-state index is 0.0268. The number of sulfonamides is 1. The lowest BCUT2D eigenvalue weighted by Gasteiger charge is -2.27. The molecule has 0 aliphatic carbocycles. The van der Waals surface area contributed by atoms with E-state index in [1.807, 2.05) is 25.1 Å². The molecule has 1 atom stereocenters. The molecule has 0 bridgehead atoms. The molecule has 3 aromatic rings. The van der Waals surface area contributed by atoms with E-state index in [-0.39, 0.29) is 23.5 Å². The van der Waals surface area contributed by atoms with Crippen LogP contribution in [0.25, 0.3) is 0 Å². The van der Waals surface area contributed by atoms with Gasteiger partial charge in [0.1, 0.15) is 6.04 Å². The number of hydrogen-bond donors (Lipinski definition) is 0. The smallest absolute Gasteiger partial charge is 0.252 e. The van der Waals surface area contributed by atoms with E-state index in [1.54, 1.807) is 12.1 Å². The Kier molecular flexibility index (Phi) is 6.53. The highest BCUT2D eigenvalue weighted by molar-refractivity contribution is 7.89. The van der Waals surface area contributed by atoms with Gasteiger partial charge in [-0.2, -0.15) is 9.57 Å². The summed E-state index contributed by atoms with van der Waals surface area (Å²) >= 11 is 5.93. The molecule has 1 aliphatic rings. The number of rotatable bonds is 6. The van der Waals surface area contributed by atoms with Crippen LogP contribution in [0.2, 0.25) is 5.02 Å². The number of carbonyl (C=O) groups is 2. The zero-order chi connectivity index (χ0) is 24.5. The molecule has 172 valence electrons. The van der Waals surface area contributed by atoms with E-state index in [9.17, 15) is 18.0 Å². The number of nitrogens with zero attached hydrogens (tertiary/aromatic N) is 3. The molecule has 2 amide bonds. The predicted octanol–water partition coefficient (Wildman–Crippen LogP) is 4.04. The molecular weight excluding hydrogens is 474 g/mol. The Morgan fingerprint density at radius 2 is 1.62 bits per heavy atom. The zero-order valence-corrected chi connectivity index (χ0v) is 19.8. The van der Waals surface area contributed by atoms with E-state index in [0.717, 1.165) is 14.8 Å². The fraction of sp³-hybridized carbons (Fsp3) is 0.160. The summed E-state index contributed by atoms with van der Waals surface area (Å²) in [5.74, 6) is -1.15. The summed E-state index contributed by atoms with van der Waals surface area (Å²) in [6, 6.07) is 19.7. The second-order valence-corrected chi connectivity index (χ2v) is 10.3. The molecule has 0 saturated carbocycles. The molecule has 3 aromatic carbocycles. The van der Waals surface area contributed by atoms with Crippen LogP contribution in [0.4, 0.5) is 5.69 Å². The molecule has 0 aromatic heterocycles. The first kappa shape index (κ1) is 23.6. The van der Waals surface area contributed by atoms with E-state index in [0.29, 0.717) is 16.1 Å². The minimum Gasteiger partial charge on any atom is -0.274 e. The third-order valence-corrected chi connectivity index (χ3v) is 7.73. The highest BCUT2D eigenvalue weighted by Crippen LogP contribution is 2.31. The standard InChI is InChI=1S/C25H20ClN3O4S/c1-17-2-4-19(5-3-17)16-28(34(32,33)22-12-8-20(26)9-13-22)23-14-24(30)29(25(23)31)21-10-6-18(15-27)7-11-21/h2-13,23H,14,16H2,1H3. The number of nitriles is 1. The lowest BCUT2D eigenvalue weighted by atomic mass is 10.1. The van der Waals surface area contributed by atoms with Crippen molar-refractivity contribution in [3.05, 3.63) is 94.5 Å². The number of hydrogen-bond acceptors (Lipinski definition) is 5. The van der Waals surface area contributed by atoms with Crippen LogP contribution in [0, 0.1) is 18.3 Å². The van der Waals surface area contributed by atoms with Gasteiger partial charge in [-0.05, 0) is 61.0 Å². The summed E-state index contributed by atoms with van der Waals surface area (Å²) < 4.78 is 28.4. The van der Waals surface area contributed by atoms with Gasteiger partial charge in [0.15, 0.2) is 0 Å². The second-order valence-electron chi connectivity index (χ2n) is 7.94. The van der Waals surface area contributed by atoms with Gasteiger partial charge in [-0.15, -0.1) is 0 Å². The van der Waals surface area contributed by atoms with Crippen molar-refractivity contribution >= 4 is 39.1 Å². The van der Waals surface area contributed by atoms with Crippen molar-refractivity contribution in [3.8, 4) is 6.07 Å². The maximum absolute atomic E-state index is 13.6. The van der Waals surface area contributed by atoms with E-state index in [2.05, 4.69) is 0 Å². The molecule has 7 nitrogen and oxygen atoms in total. The average Bonchev–Trinajstić information content (AvgIpc) is 3.12. The van der Waals surface area contributed by atoms with Gasteiger partial charge < -0.3 is 0 Å². The second kappa shape index (κ2) is 9.39. The minimum atomic E-state index is -4.15. The fourth-order valence-electron chi connectivity index (χ4n) is 3.78. The van der Waals surface area contributed by atoms with Gasteiger partial charge in [0.25, 0.3) is 5.91 Å². The molecule has 1 unspecified atom stereocenters. The van der Waals surface area contributed by atoms with Gasteiger partial charge in [-0.1, -0.05) is 41.4 Å². The van der Waals surface area contributed by atoms with Crippen LogP contribution in [0.15, 0.2) is 77.7 Å². The van der Waals surface area contributed by atoms with Crippen LogP contribution in [-0.4, -0.2) is 30.6 Å². The van der Waals surface area contributed by atoms with E-state index in [4.69, 9.17) is 16.9 Å². The van der Waals surface area contributed by atoms with Crippen molar-refractivity contribution in [1.82, 2.24) is 4.31 Å². The van der Waals surface area contributed by atoms with Crippen molar-refractivity contribution in [2.45, 2.75) is 30.8 Å². The maximum Gasteiger partial charge on any atom is 0.252 e. The van der Waals surface area contributed by atoms with Crippen LogP contribution < -0.4 is 4.90 Å². The summed E-state index contributed by atoms with van der Waals surface area (Å²) in [5, 5.41) is 9.38. The first-order valence-corrected chi connectivity index (χ1v) is 12.2. The quantitative estimate of drug-likeness (QED) is 0.482. The molecule has 4 rings (SSSR count). The van der Waals surface area contributed by atoms with E-state index >= 15 is 0 Å². The van der Waals surface area contributed by atoms with Crippen molar-refractivity contribution < 1.29 is 18.0 Å². The Balaban J connectivity index is 1.74. The van der Waals surface area contributed by atoms with Crippen molar-refractivity contribution in [3.63, 3.8) is 0 Å². The average molecular weight is 494 g/mol. The topological polar surface area (TPSA) is 98.5 Å². The van der Waals surface area contributed by atoms with Crippen molar-refractivity contribution in [1.29, 1.82) is 5.26 Å². The molecule has 0 radical (unpaired) electrons. The predicted molar refractivity (Wildman–Crippen MR) is 127 cm³/mol. The van der Waals surface area contributed by atoms with Crippen LogP contribution in [0.5, 0.6) is 0 Å². The summed E-state index contributed by atoms with van der Waals surface area (Å²) in [4.78, 5) is 27.2. The molecule has 0 spiro atoms. The first-order chi connectivity index (χ1) is 16.2. The third-order valence-electron chi connectivity index (χ3n) is 5.60. The first-order valence-electron chi connectivity index (χ1n) is 10.4. The Hall–Kier alpha value is -3.51. The summed E-state index contributed by atoms with van der Waals surface area (Å²) in [6.45, 7) is 1.83. The third kappa shape index (κ3) is 4.59. The number of imide groups is 1. The molecule has 9 heteroatoms. The van der Waals surface area contributed by atoms with Crippen LogP contribution in [-0.2, 0) is 26.2 Å². The Morgan fingerprint density at radius 1 is 1.00 bits per heavy atom. The Morgan fingerprint density at radius 3 is 2.21 bits per heavy atom. The maximum atomic E-state index is 13.6. The highest BCUT2D eigenvalue weighted by Gasteiger charge is 2.47. The van der Waals surface area contributed by atoms with Crippen LogP contribution in [0.3, 0.4) is 0 Å². The Labute approximate surface area is 202 Å². The number of benzene rings is 3. The SMILES string of the molecule is Cc1ccc(CN(C2CC(=O)N(c3ccc(C#N)cc3)C2=O)S(=O)(=O)c2ccc(Cl)cc2)cc1. The normalized spacial score (nSPS) is 16.2. The van der Waals surface area contributed by atoms with Gasteiger partial charge in [0.05, 0.1) is 28.6 Å². The summed E-state index contributed by atoms with van der Waals surface area (Å²) in [6.07, 6.45) is -0.294. The molecule has 1 saturated heterocycles. The monoisotopic (exact) mass is 493 g/mol. The van der Waals surface area contributed by atoms with Crippen LogP contribution >= 0.6 is 11.6 Å². The molecule has 1 heterocycles. The summed E-state index contributed by atoms with van der Waals surface area (Å²) in [7, 11) is -4.15. The molecule has 0 N–H and O–H groups in total.